The quantitative estimate of drug-likeness (QED) is 0.859. The van der Waals surface area contributed by atoms with Crippen LogP contribution in [0.3, 0.4) is 0 Å². The van der Waals surface area contributed by atoms with Gasteiger partial charge in [-0.25, -0.2) is 4.39 Å². The third-order valence-corrected chi connectivity index (χ3v) is 4.33. The Morgan fingerprint density at radius 1 is 1.33 bits per heavy atom. The lowest BCUT2D eigenvalue weighted by molar-refractivity contribution is 0.0459. The predicted octanol–water partition coefficient (Wildman–Crippen LogP) is 3.36. The molecule has 1 aliphatic rings. The Morgan fingerprint density at radius 2 is 2.06 bits per heavy atom. The molecule has 0 atom stereocenters. The predicted molar refractivity (Wildman–Crippen MR) is 71.8 cm³/mol. The summed E-state index contributed by atoms with van der Waals surface area (Å²) in [6.45, 7) is 1.93. The highest BCUT2D eigenvalue weighted by Gasteiger charge is 2.31. The van der Waals surface area contributed by atoms with E-state index in [-0.39, 0.29) is 16.4 Å². The van der Waals surface area contributed by atoms with E-state index in [0.29, 0.717) is 25.6 Å². The van der Waals surface area contributed by atoms with Crippen LogP contribution in [0.15, 0.2) is 18.2 Å². The number of halogens is 3. The van der Waals surface area contributed by atoms with Gasteiger partial charge in [-0.15, -0.1) is 11.6 Å². The lowest BCUT2D eigenvalue weighted by Crippen LogP contribution is -2.50. The zero-order valence-electron chi connectivity index (χ0n) is 10.0. The number of hydrogen-bond donors (Lipinski definition) is 1. The van der Waals surface area contributed by atoms with Crippen molar-refractivity contribution >= 4 is 23.2 Å². The number of rotatable bonds is 4. The van der Waals surface area contributed by atoms with Gasteiger partial charge in [-0.05, 0) is 24.5 Å². The van der Waals surface area contributed by atoms with Crippen LogP contribution >= 0.6 is 23.2 Å². The SMILES string of the molecule is Fc1cccc(CNC2(CCl)CCOCC2)c1Cl. The maximum absolute atomic E-state index is 13.3. The average molecular weight is 292 g/mol. The summed E-state index contributed by atoms with van der Waals surface area (Å²) in [5.41, 5.74) is 0.628. The highest BCUT2D eigenvalue weighted by atomic mass is 35.5. The Labute approximate surface area is 116 Å². The van der Waals surface area contributed by atoms with E-state index in [4.69, 9.17) is 27.9 Å². The van der Waals surface area contributed by atoms with Crippen LogP contribution in [-0.4, -0.2) is 24.6 Å². The normalized spacial score (nSPS) is 18.8. The molecule has 1 aromatic rings. The second-order valence-electron chi connectivity index (χ2n) is 4.59. The van der Waals surface area contributed by atoms with Crippen molar-refractivity contribution in [3.05, 3.63) is 34.6 Å². The van der Waals surface area contributed by atoms with Crippen LogP contribution in [0.2, 0.25) is 5.02 Å². The molecule has 5 heteroatoms. The summed E-state index contributed by atoms with van der Waals surface area (Å²) in [4.78, 5) is 0. The summed E-state index contributed by atoms with van der Waals surface area (Å²) in [6.07, 6.45) is 1.73. The summed E-state index contributed by atoms with van der Waals surface area (Å²) >= 11 is 12.0. The molecule has 0 aliphatic carbocycles. The molecule has 0 amide bonds. The molecule has 2 rings (SSSR count). The van der Waals surface area contributed by atoms with E-state index in [1.54, 1.807) is 6.07 Å². The van der Waals surface area contributed by atoms with E-state index >= 15 is 0 Å². The number of nitrogens with one attached hydrogen (secondary N) is 1. The van der Waals surface area contributed by atoms with Gasteiger partial charge in [-0.3, -0.25) is 0 Å². The van der Waals surface area contributed by atoms with Crippen LogP contribution < -0.4 is 5.32 Å². The molecule has 1 fully saturated rings. The van der Waals surface area contributed by atoms with Crippen molar-refractivity contribution in [1.29, 1.82) is 0 Å². The van der Waals surface area contributed by atoms with E-state index in [9.17, 15) is 4.39 Å². The van der Waals surface area contributed by atoms with Crippen molar-refractivity contribution in [3.63, 3.8) is 0 Å². The molecule has 0 aromatic heterocycles. The maximum atomic E-state index is 13.3. The second-order valence-corrected chi connectivity index (χ2v) is 5.24. The minimum atomic E-state index is -0.386. The first-order valence-corrected chi connectivity index (χ1v) is 6.90. The second kappa shape index (κ2) is 6.20. The fourth-order valence-corrected chi connectivity index (χ4v) is 2.64. The standard InChI is InChI=1S/C13H16Cl2FNO/c14-9-13(4-6-18-7-5-13)17-8-10-2-1-3-11(16)12(10)15/h1-3,17H,4-9H2. The van der Waals surface area contributed by atoms with Crippen LogP contribution in [-0.2, 0) is 11.3 Å². The largest absolute Gasteiger partial charge is 0.381 e. The fraction of sp³-hybridized carbons (Fsp3) is 0.538. The Bertz CT molecular complexity index is 408. The summed E-state index contributed by atoms with van der Waals surface area (Å²) in [6, 6.07) is 4.84. The highest BCUT2D eigenvalue weighted by Crippen LogP contribution is 2.25. The monoisotopic (exact) mass is 291 g/mol. The third kappa shape index (κ3) is 3.15. The van der Waals surface area contributed by atoms with Crippen LogP contribution in [0.4, 0.5) is 4.39 Å². The molecule has 0 radical (unpaired) electrons. The van der Waals surface area contributed by atoms with Gasteiger partial charge in [0.2, 0.25) is 0 Å². The molecule has 18 heavy (non-hydrogen) atoms. The van der Waals surface area contributed by atoms with Gasteiger partial charge in [0, 0.05) is 31.2 Å². The number of alkyl halides is 1. The van der Waals surface area contributed by atoms with Crippen LogP contribution in [0, 0.1) is 5.82 Å². The fourth-order valence-electron chi connectivity index (χ4n) is 2.09. The van der Waals surface area contributed by atoms with Crippen molar-refractivity contribution in [2.75, 3.05) is 19.1 Å². The Balaban J connectivity index is 2.03. The number of ether oxygens (including phenoxy) is 1. The van der Waals surface area contributed by atoms with Gasteiger partial charge < -0.3 is 10.1 Å². The van der Waals surface area contributed by atoms with E-state index < -0.39 is 0 Å². The van der Waals surface area contributed by atoms with E-state index in [1.807, 2.05) is 6.07 Å². The Kier molecular flexibility index (Phi) is 4.84. The molecule has 0 bridgehead atoms. The summed E-state index contributed by atoms with van der Waals surface area (Å²) in [7, 11) is 0. The van der Waals surface area contributed by atoms with Gasteiger partial charge in [0.15, 0.2) is 0 Å². The summed E-state index contributed by atoms with van der Waals surface area (Å²) < 4.78 is 18.7. The third-order valence-electron chi connectivity index (χ3n) is 3.39. The molecule has 0 spiro atoms. The van der Waals surface area contributed by atoms with Crippen LogP contribution in [0.25, 0.3) is 0 Å². The molecular formula is C13H16Cl2FNO. The van der Waals surface area contributed by atoms with Crippen molar-refractivity contribution in [3.8, 4) is 0 Å². The van der Waals surface area contributed by atoms with Gasteiger partial charge in [0.25, 0.3) is 0 Å². The zero-order chi connectivity index (χ0) is 13.0. The molecular weight excluding hydrogens is 276 g/mol. The van der Waals surface area contributed by atoms with E-state index in [0.717, 1.165) is 18.4 Å². The van der Waals surface area contributed by atoms with Gasteiger partial charge in [-0.2, -0.15) is 0 Å². The first-order chi connectivity index (χ1) is 8.67. The van der Waals surface area contributed by atoms with E-state index in [1.165, 1.54) is 6.07 Å². The van der Waals surface area contributed by atoms with Gasteiger partial charge in [0.05, 0.1) is 5.02 Å². The molecule has 1 N–H and O–H groups in total. The van der Waals surface area contributed by atoms with Crippen LogP contribution in [0.5, 0.6) is 0 Å². The molecule has 1 aromatic carbocycles. The molecule has 0 unspecified atom stereocenters. The molecule has 0 saturated carbocycles. The van der Waals surface area contributed by atoms with Crippen molar-refractivity contribution in [2.24, 2.45) is 0 Å². The minimum absolute atomic E-state index is 0.130. The van der Waals surface area contributed by atoms with Crippen LogP contribution in [0.1, 0.15) is 18.4 Å². The molecule has 1 aliphatic heterocycles. The first kappa shape index (κ1) is 14.1. The smallest absolute Gasteiger partial charge is 0.142 e. The topological polar surface area (TPSA) is 21.3 Å². The lowest BCUT2D eigenvalue weighted by atomic mass is 9.92. The Morgan fingerprint density at radius 3 is 2.72 bits per heavy atom. The molecule has 100 valence electrons. The van der Waals surface area contributed by atoms with Crippen molar-refractivity contribution in [1.82, 2.24) is 5.32 Å². The van der Waals surface area contributed by atoms with Crippen molar-refractivity contribution < 1.29 is 9.13 Å². The van der Waals surface area contributed by atoms with Crippen molar-refractivity contribution in [2.45, 2.75) is 24.9 Å². The molecule has 1 saturated heterocycles. The zero-order valence-corrected chi connectivity index (χ0v) is 11.5. The Hall–Kier alpha value is -0.350. The number of hydrogen-bond acceptors (Lipinski definition) is 2. The van der Waals surface area contributed by atoms with Gasteiger partial charge >= 0.3 is 0 Å². The average Bonchev–Trinajstić information content (AvgIpc) is 2.41. The van der Waals surface area contributed by atoms with Gasteiger partial charge in [-0.1, -0.05) is 23.7 Å². The minimum Gasteiger partial charge on any atom is -0.381 e. The molecule has 1 heterocycles. The molecule has 2 nitrogen and oxygen atoms in total. The summed E-state index contributed by atoms with van der Waals surface area (Å²) in [5.74, 6) is 0.131. The van der Waals surface area contributed by atoms with Gasteiger partial charge in [0.1, 0.15) is 5.82 Å². The number of benzene rings is 1. The first-order valence-electron chi connectivity index (χ1n) is 5.98. The summed E-state index contributed by atoms with van der Waals surface area (Å²) in [5, 5.41) is 3.59. The maximum Gasteiger partial charge on any atom is 0.142 e. The van der Waals surface area contributed by atoms with E-state index in [2.05, 4.69) is 5.32 Å². The highest BCUT2D eigenvalue weighted by molar-refractivity contribution is 6.31. The lowest BCUT2D eigenvalue weighted by Gasteiger charge is -2.36.